The number of sulfonamides is 1. The van der Waals surface area contributed by atoms with Gasteiger partial charge in [0.1, 0.15) is 0 Å². The van der Waals surface area contributed by atoms with E-state index in [0.717, 1.165) is 30.8 Å². The maximum absolute atomic E-state index is 12.8. The first-order valence-electron chi connectivity index (χ1n) is 7.44. The minimum atomic E-state index is -3.38. The maximum atomic E-state index is 12.8. The molecule has 1 fully saturated rings. The number of hydrogen-bond donors (Lipinski definition) is 1. The highest BCUT2D eigenvalue weighted by Gasteiger charge is 2.28. The molecule has 1 heterocycles. The molecule has 0 spiro atoms. The van der Waals surface area contributed by atoms with Gasteiger partial charge in [0.15, 0.2) is 0 Å². The predicted octanol–water partition coefficient (Wildman–Crippen LogP) is 1.04. The molecule has 1 aliphatic rings. The summed E-state index contributed by atoms with van der Waals surface area (Å²) in [6.07, 6.45) is 0. The standard InChI is InChI=1S/C15H25N3O2S/c1-4-16-12-14-6-5-13(2)15(11-14)21(19,20)18-9-7-17(3)8-10-18/h5-6,11,16H,4,7-10,12H2,1-3H3. The number of hydrogen-bond acceptors (Lipinski definition) is 4. The fourth-order valence-corrected chi connectivity index (χ4v) is 4.17. The second kappa shape index (κ2) is 6.87. The van der Waals surface area contributed by atoms with Crippen LogP contribution in [0.1, 0.15) is 18.1 Å². The summed E-state index contributed by atoms with van der Waals surface area (Å²) >= 11 is 0. The maximum Gasteiger partial charge on any atom is 0.243 e. The van der Waals surface area contributed by atoms with E-state index in [1.165, 1.54) is 0 Å². The summed E-state index contributed by atoms with van der Waals surface area (Å²) < 4.78 is 27.3. The number of aryl methyl sites for hydroxylation is 1. The lowest BCUT2D eigenvalue weighted by Crippen LogP contribution is -2.47. The second-order valence-corrected chi connectivity index (χ2v) is 7.49. The second-order valence-electron chi connectivity index (χ2n) is 5.59. The normalized spacial score (nSPS) is 18.0. The average molecular weight is 311 g/mol. The highest BCUT2D eigenvalue weighted by Crippen LogP contribution is 2.22. The highest BCUT2D eigenvalue weighted by molar-refractivity contribution is 7.89. The summed E-state index contributed by atoms with van der Waals surface area (Å²) in [6.45, 7) is 8.17. The molecule has 118 valence electrons. The van der Waals surface area contributed by atoms with Gasteiger partial charge >= 0.3 is 0 Å². The number of rotatable bonds is 5. The van der Waals surface area contributed by atoms with E-state index in [0.29, 0.717) is 24.5 Å². The Labute approximate surface area is 128 Å². The van der Waals surface area contributed by atoms with Crippen LogP contribution in [0.15, 0.2) is 23.1 Å². The van der Waals surface area contributed by atoms with E-state index in [1.54, 1.807) is 4.31 Å². The van der Waals surface area contributed by atoms with Crippen LogP contribution in [-0.2, 0) is 16.6 Å². The molecule has 5 nitrogen and oxygen atoms in total. The van der Waals surface area contributed by atoms with Gasteiger partial charge in [0.25, 0.3) is 0 Å². The molecule has 0 unspecified atom stereocenters. The van der Waals surface area contributed by atoms with Crippen molar-refractivity contribution in [3.8, 4) is 0 Å². The van der Waals surface area contributed by atoms with Crippen molar-refractivity contribution in [3.05, 3.63) is 29.3 Å². The Kier molecular flexibility index (Phi) is 5.37. The fourth-order valence-electron chi connectivity index (χ4n) is 2.47. The summed E-state index contributed by atoms with van der Waals surface area (Å²) in [7, 11) is -1.36. The zero-order chi connectivity index (χ0) is 15.5. The first-order valence-corrected chi connectivity index (χ1v) is 8.88. The van der Waals surface area contributed by atoms with Gasteiger partial charge in [-0.1, -0.05) is 19.1 Å². The van der Waals surface area contributed by atoms with Crippen LogP contribution >= 0.6 is 0 Å². The van der Waals surface area contributed by atoms with Crippen molar-refractivity contribution in [2.24, 2.45) is 0 Å². The molecule has 0 amide bonds. The van der Waals surface area contributed by atoms with Crippen molar-refractivity contribution >= 4 is 10.0 Å². The van der Waals surface area contributed by atoms with Crippen molar-refractivity contribution < 1.29 is 8.42 Å². The van der Waals surface area contributed by atoms with Crippen molar-refractivity contribution in [2.45, 2.75) is 25.3 Å². The minimum Gasteiger partial charge on any atom is -0.313 e. The van der Waals surface area contributed by atoms with Gasteiger partial charge in [-0.3, -0.25) is 0 Å². The SMILES string of the molecule is CCNCc1ccc(C)c(S(=O)(=O)N2CCN(C)CC2)c1. The molecule has 0 saturated carbocycles. The van der Waals surface area contributed by atoms with Gasteiger partial charge in [-0.05, 0) is 37.7 Å². The molecule has 1 aromatic rings. The summed E-state index contributed by atoms with van der Waals surface area (Å²) in [5.41, 5.74) is 1.82. The van der Waals surface area contributed by atoms with E-state index < -0.39 is 10.0 Å². The molecule has 0 bridgehead atoms. The Morgan fingerprint density at radius 1 is 1.19 bits per heavy atom. The molecule has 1 aromatic carbocycles. The van der Waals surface area contributed by atoms with E-state index in [1.807, 2.05) is 39.1 Å². The minimum absolute atomic E-state index is 0.447. The van der Waals surface area contributed by atoms with Gasteiger partial charge in [0, 0.05) is 32.7 Å². The van der Waals surface area contributed by atoms with Crippen LogP contribution in [0.4, 0.5) is 0 Å². The molecule has 0 aliphatic carbocycles. The summed E-state index contributed by atoms with van der Waals surface area (Å²) in [5, 5.41) is 3.23. The highest BCUT2D eigenvalue weighted by atomic mass is 32.2. The summed E-state index contributed by atoms with van der Waals surface area (Å²) in [6, 6.07) is 5.70. The van der Waals surface area contributed by atoms with Gasteiger partial charge in [-0.2, -0.15) is 4.31 Å². The molecule has 0 aromatic heterocycles. The van der Waals surface area contributed by atoms with E-state index in [4.69, 9.17) is 0 Å². The number of benzene rings is 1. The van der Waals surface area contributed by atoms with E-state index in [-0.39, 0.29) is 0 Å². The summed E-state index contributed by atoms with van der Waals surface area (Å²) in [4.78, 5) is 2.60. The van der Waals surface area contributed by atoms with E-state index in [2.05, 4.69) is 10.2 Å². The number of piperazine rings is 1. The first kappa shape index (κ1) is 16.4. The molecular formula is C15H25N3O2S. The molecule has 2 rings (SSSR count). The molecule has 0 radical (unpaired) electrons. The molecular weight excluding hydrogens is 286 g/mol. The third-order valence-electron chi connectivity index (χ3n) is 3.91. The monoisotopic (exact) mass is 311 g/mol. The predicted molar refractivity (Wildman–Crippen MR) is 84.8 cm³/mol. The van der Waals surface area contributed by atoms with Gasteiger partial charge < -0.3 is 10.2 Å². The van der Waals surface area contributed by atoms with Crippen LogP contribution in [0.5, 0.6) is 0 Å². The van der Waals surface area contributed by atoms with Crippen molar-refractivity contribution in [2.75, 3.05) is 39.8 Å². The van der Waals surface area contributed by atoms with Crippen LogP contribution < -0.4 is 5.32 Å². The molecule has 1 N–H and O–H groups in total. The molecule has 1 saturated heterocycles. The van der Waals surface area contributed by atoms with Gasteiger partial charge in [-0.15, -0.1) is 0 Å². The lowest BCUT2D eigenvalue weighted by Gasteiger charge is -2.32. The summed E-state index contributed by atoms with van der Waals surface area (Å²) in [5.74, 6) is 0. The third-order valence-corrected chi connectivity index (χ3v) is 5.95. The molecule has 6 heteroatoms. The van der Waals surface area contributed by atoms with Crippen molar-refractivity contribution in [1.29, 1.82) is 0 Å². The topological polar surface area (TPSA) is 52.7 Å². The van der Waals surface area contributed by atoms with Crippen LogP contribution in [0.25, 0.3) is 0 Å². The smallest absolute Gasteiger partial charge is 0.243 e. The zero-order valence-electron chi connectivity index (χ0n) is 13.1. The Morgan fingerprint density at radius 2 is 1.86 bits per heavy atom. The largest absolute Gasteiger partial charge is 0.313 e. The van der Waals surface area contributed by atoms with Crippen LogP contribution in [0.3, 0.4) is 0 Å². The number of likely N-dealkylation sites (N-methyl/N-ethyl adjacent to an activating group) is 1. The number of nitrogens with one attached hydrogen (secondary N) is 1. The van der Waals surface area contributed by atoms with Gasteiger partial charge in [0.05, 0.1) is 4.90 Å². The van der Waals surface area contributed by atoms with Crippen LogP contribution in [0.2, 0.25) is 0 Å². The van der Waals surface area contributed by atoms with Crippen LogP contribution in [-0.4, -0.2) is 57.4 Å². The first-order chi connectivity index (χ1) is 9.95. The van der Waals surface area contributed by atoms with Gasteiger partial charge in [0.2, 0.25) is 10.0 Å². The van der Waals surface area contributed by atoms with Crippen LogP contribution in [0, 0.1) is 6.92 Å². The quantitative estimate of drug-likeness (QED) is 0.883. The Morgan fingerprint density at radius 3 is 2.48 bits per heavy atom. The van der Waals surface area contributed by atoms with Crippen molar-refractivity contribution in [1.82, 2.24) is 14.5 Å². The zero-order valence-corrected chi connectivity index (χ0v) is 13.9. The lowest BCUT2D eigenvalue weighted by atomic mass is 10.1. The van der Waals surface area contributed by atoms with E-state index >= 15 is 0 Å². The third kappa shape index (κ3) is 3.83. The Bertz CT molecular complexity index is 579. The Balaban J connectivity index is 2.26. The molecule has 1 aliphatic heterocycles. The molecule has 21 heavy (non-hydrogen) atoms. The number of nitrogens with zero attached hydrogens (tertiary/aromatic N) is 2. The fraction of sp³-hybridized carbons (Fsp3) is 0.600. The lowest BCUT2D eigenvalue weighted by molar-refractivity contribution is 0.222. The van der Waals surface area contributed by atoms with E-state index in [9.17, 15) is 8.42 Å². The van der Waals surface area contributed by atoms with Gasteiger partial charge in [-0.25, -0.2) is 8.42 Å². The molecule has 0 atom stereocenters. The Hall–Kier alpha value is -0.950. The average Bonchev–Trinajstić information content (AvgIpc) is 2.46. The van der Waals surface area contributed by atoms with Crippen molar-refractivity contribution in [3.63, 3.8) is 0 Å².